The molecule has 0 saturated carbocycles. The van der Waals surface area contributed by atoms with E-state index >= 15 is 0 Å². The fourth-order valence-electron chi connectivity index (χ4n) is 3.17. The summed E-state index contributed by atoms with van der Waals surface area (Å²) in [5, 5.41) is 8.55. The number of hydrogen-bond acceptors (Lipinski definition) is 5. The third kappa shape index (κ3) is 2.93. The topological polar surface area (TPSA) is 72.4 Å². The van der Waals surface area contributed by atoms with Crippen LogP contribution in [0.1, 0.15) is 40.8 Å². The number of aromatic nitrogens is 2. The van der Waals surface area contributed by atoms with E-state index in [0.717, 1.165) is 24.3 Å². The maximum Gasteiger partial charge on any atom is 0.276 e. The maximum absolute atomic E-state index is 12.9. The van der Waals surface area contributed by atoms with Crippen LogP contribution in [0.25, 0.3) is 11.3 Å². The predicted octanol–water partition coefficient (Wildman–Crippen LogP) is 4.27. The summed E-state index contributed by atoms with van der Waals surface area (Å²) in [6, 6.07) is 10.7. The molecule has 0 aliphatic carbocycles. The molecular formula is C18H16ClN3O3. The van der Waals surface area contributed by atoms with Gasteiger partial charge in [0.1, 0.15) is 11.5 Å². The molecule has 1 amide bonds. The monoisotopic (exact) mass is 357 g/mol. The molecule has 0 spiro atoms. The highest BCUT2D eigenvalue weighted by Crippen LogP contribution is 2.34. The number of carbonyl (C=O) groups excluding carboxylic acids is 1. The predicted molar refractivity (Wildman–Crippen MR) is 91.2 cm³/mol. The lowest BCUT2D eigenvalue weighted by Crippen LogP contribution is -2.30. The highest BCUT2D eigenvalue weighted by Gasteiger charge is 2.34. The van der Waals surface area contributed by atoms with E-state index < -0.39 is 0 Å². The third-order valence-electron chi connectivity index (χ3n) is 4.37. The second-order valence-corrected chi connectivity index (χ2v) is 6.48. The van der Waals surface area contributed by atoms with Crippen molar-refractivity contribution in [2.45, 2.75) is 25.8 Å². The summed E-state index contributed by atoms with van der Waals surface area (Å²) >= 11 is 6.18. The van der Waals surface area contributed by atoms with Gasteiger partial charge in [-0.3, -0.25) is 4.79 Å². The molecule has 3 aromatic rings. The van der Waals surface area contributed by atoms with E-state index in [9.17, 15) is 4.79 Å². The second kappa shape index (κ2) is 6.37. The minimum Gasteiger partial charge on any atom is -0.361 e. The van der Waals surface area contributed by atoms with Crippen LogP contribution in [0.4, 0.5) is 0 Å². The quantitative estimate of drug-likeness (QED) is 0.700. The number of halogens is 1. The van der Waals surface area contributed by atoms with Gasteiger partial charge in [0.15, 0.2) is 11.5 Å². The maximum atomic E-state index is 12.9. The van der Waals surface area contributed by atoms with Gasteiger partial charge in [-0.05, 0) is 31.9 Å². The van der Waals surface area contributed by atoms with E-state index in [2.05, 4.69) is 10.3 Å². The molecule has 0 bridgehead atoms. The lowest BCUT2D eigenvalue weighted by atomic mass is 10.1. The zero-order chi connectivity index (χ0) is 17.4. The van der Waals surface area contributed by atoms with E-state index in [-0.39, 0.29) is 17.6 Å². The molecule has 0 radical (unpaired) electrons. The van der Waals surface area contributed by atoms with E-state index in [4.69, 9.17) is 20.6 Å². The number of hydrogen-bond donors (Lipinski definition) is 0. The van der Waals surface area contributed by atoms with Crippen molar-refractivity contribution in [1.82, 2.24) is 15.2 Å². The molecule has 3 heterocycles. The standard InChI is InChI=1S/C18H16ClN3O3/c1-11-9-14(20-24-11)16-7-4-8-22(16)18(23)15-10-17(25-21-15)12-5-2-3-6-13(12)19/h2-3,5-6,9-10,16H,4,7-8H2,1H3/t16-/m1/s1. The van der Waals surface area contributed by atoms with Crippen LogP contribution < -0.4 is 0 Å². The molecule has 25 heavy (non-hydrogen) atoms. The Morgan fingerprint density at radius 1 is 1.24 bits per heavy atom. The molecule has 0 N–H and O–H groups in total. The Hall–Kier alpha value is -2.60. The molecule has 1 aliphatic heterocycles. The van der Waals surface area contributed by atoms with Gasteiger partial charge in [0, 0.05) is 24.2 Å². The van der Waals surface area contributed by atoms with Gasteiger partial charge in [-0.25, -0.2) is 0 Å². The van der Waals surface area contributed by atoms with Gasteiger partial charge in [0.25, 0.3) is 5.91 Å². The third-order valence-corrected chi connectivity index (χ3v) is 4.70. The number of aryl methyl sites for hydroxylation is 1. The fourth-order valence-corrected chi connectivity index (χ4v) is 3.40. The van der Waals surface area contributed by atoms with Crippen LogP contribution >= 0.6 is 11.6 Å². The largest absolute Gasteiger partial charge is 0.361 e. The van der Waals surface area contributed by atoms with Gasteiger partial charge in [0.05, 0.1) is 11.1 Å². The molecule has 1 aromatic carbocycles. The molecule has 7 heteroatoms. The number of likely N-dealkylation sites (tertiary alicyclic amines) is 1. The van der Waals surface area contributed by atoms with Gasteiger partial charge in [-0.1, -0.05) is 34.0 Å². The first-order chi connectivity index (χ1) is 12.1. The highest BCUT2D eigenvalue weighted by atomic mass is 35.5. The van der Waals surface area contributed by atoms with E-state index in [0.29, 0.717) is 22.9 Å². The van der Waals surface area contributed by atoms with Crippen LogP contribution in [0.2, 0.25) is 5.02 Å². The lowest BCUT2D eigenvalue weighted by Gasteiger charge is -2.21. The highest BCUT2D eigenvalue weighted by molar-refractivity contribution is 6.33. The summed E-state index contributed by atoms with van der Waals surface area (Å²) in [5.74, 6) is 1.03. The summed E-state index contributed by atoms with van der Waals surface area (Å²) < 4.78 is 10.5. The lowest BCUT2D eigenvalue weighted by molar-refractivity contribution is 0.0720. The van der Waals surface area contributed by atoms with Crippen molar-refractivity contribution >= 4 is 17.5 Å². The number of amides is 1. The van der Waals surface area contributed by atoms with Gasteiger partial charge in [-0.2, -0.15) is 0 Å². The molecule has 1 saturated heterocycles. The molecule has 6 nitrogen and oxygen atoms in total. The van der Waals surface area contributed by atoms with Crippen LogP contribution in [0.3, 0.4) is 0 Å². The van der Waals surface area contributed by atoms with Gasteiger partial charge >= 0.3 is 0 Å². The zero-order valence-corrected chi connectivity index (χ0v) is 14.4. The van der Waals surface area contributed by atoms with Crippen LogP contribution in [0, 0.1) is 6.92 Å². The Balaban J connectivity index is 1.60. The molecule has 1 aliphatic rings. The first-order valence-corrected chi connectivity index (χ1v) is 8.47. The SMILES string of the molecule is Cc1cc([C@H]2CCCN2C(=O)c2cc(-c3ccccc3Cl)on2)no1. The average molecular weight is 358 g/mol. The van der Waals surface area contributed by atoms with Crippen molar-refractivity contribution in [2.24, 2.45) is 0 Å². The van der Waals surface area contributed by atoms with Crippen molar-refractivity contribution in [3.05, 3.63) is 58.6 Å². The van der Waals surface area contributed by atoms with Crippen LogP contribution in [0.5, 0.6) is 0 Å². The van der Waals surface area contributed by atoms with Gasteiger partial charge in [-0.15, -0.1) is 0 Å². The number of nitrogens with zero attached hydrogens (tertiary/aromatic N) is 3. The fraction of sp³-hybridized carbons (Fsp3) is 0.278. The molecule has 0 unspecified atom stereocenters. The Bertz CT molecular complexity index is 918. The van der Waals surface area contributed by atoms with Crippen molar-refractivity contribution in [1.29, 1.82) is 0 Å². The molecule has 4 rings (SSSR count). The normalized spacial score (nSPS) is 17.2. The first kappa shape index (κ1) is 15.9. The van der Waals surface area contributed by atoms with Crippen molar-refractivity contribution in [2.75, 3.05) is 6.54 Å². The number of rotatable bonds is 3. The van der Waals surface area contributed by atoms with Crippen molar-refractivity contribution in [3.8, 4) is 11.3 Å². The number of carbonyl (C=O) groups is 1. The van der Waals surface area contributed by atoms with Gasteiger partial charge < -0.3 is 13.9 Å². The Labute approximate surface area is 149 Å². The molecule has 1 fully saturated rings. The minimum absolute atomic E-state index is 0.0922. The minimum atomic E-state index is -0.176. The second-order valence-electron chi connectivity index (χ2n) is 6.08. The smallest absolute Gasteiger partial charge is 0.276 e. The van der Waals surface area contributed by atoms with Crippen LogP contribution in [-0.4, -0.2) is 27.7 Å². The summed E-state index contributed by atoms with van der Waals surface area (Å²) in [7, 11) is 0. The summed E-state index contributed by atoms with van der Waals surface area (Å²) in [5.41, 5.74) is 1.75. The number of benzene rings is 1. The summed E-state index contributed by atoms with van der Waals surface area (Å²) in [6.45, 7) is 2.49. The summed E-state index contributed by atoms with van der Waals surface area (Å²) in [4.78, 5) is 14.6. The van der Waals surface area contributed by atoms with Crippen molar-refractivity contribution < 1.29 is 13.8 Å². The molecular weight excluding hydrogens is 342 g/mol. The zero-order valence-electron chi connectivity index (χ0n) is 13.6. The van der Waals surface area contributed by atoms with E-state index in [1.165, 1.54) is 0 Å². The Morgan fingerprint density at radius 3 is 2.84 bits per heavy atom. The Morgan fingerprint density at radius 2 is 2.08 bits per heavy atom. The average Bonchev–Trinajstić information content (AvgIpc) is 3.34. The van der Waals surface area contributed by atoms with Crippen molar-refractivity contribution in [3.63, 3.8) is 0 Å². The molecule has 128 valence electrons. The van der Waals surface area contributed by atoms with E-state index in [1.807, 2.05) is 31.2 Å². The van der Waals surface area contributed by atoms with Crippen LogP contribution in [0.15, 0.2) is 45.4 Å². The Kier molecular flexibility index (Phi) is 4.05. The summed E-state index contributed by atoms with van der Waals surface area (Å²) in [6.07, 6.45) is 1.77. The van der Waals surface area contributed by atoms with Crippen LogP contribution in [-0.2, 0) is 0 Å². The first-order valence-electron chi connectivity index (χ1n) is 8.09. The molecule has 2 aromatic heterocycles. The molecule has 1 atom stereocenters. The van der Waals surface area contributed by atoms with Gasteiger partial charge in [0.2, 0.25) is 0 Å². The van der Waals surface area contributed by atoms with E-state index in [1.54, 1.807) is 17.0 Å².